The molecule has 0 spiro atoms. The molecule has 2 aromatic heterocycles. The molecule has 1 atom stereocenters. The average molecular weight is 366 g/mol. The Morgan fingerprint density at radius 3 is 2.78 bits per heavy atom. The Balaban J connectivity index is 1.47. The van der Waals surface area contributed by atoms with E-state index in [9.17, 15) is 0 Å². The molecule has 27 heavy (non-hydrogen) atoms. The van der Waals surface area contributed by atoms with Crippen LogP contribution in [0, 0.1) is 0 Å². The van der Waals surface area contributed by atoms with Gasteiger partial charge in [-0.15, -0.1) is 0 Å². The van der Waals surface area contributed by atoms with E-state index >= 15 is 0 Å². The van der Waals surface area contributed by atoms with Crippen LogP contribution in [-0.4, -0.2) is 50.9 Å². The number of rotatable bonds is 7. The largest absolute Gasteiger partial charge is 0.494 e. The lowest BCUT2D eigenvalue weighted by molar-refractivity contribution is 0.324. The summed E-state index contributed by atoms with van der Waals surface area (Å²) in [7, 11) is 0. The van der Waals surface area contributed by atoms with Gasteiger partial charge in [0.05, 0.1) is 18.8 Å². The summed E-state index contributed by atoms with van der Waals surface area (Å²) < 4.78 is 7.42. The van der Waals surface area contributed by atoms with E-state index < -0.39 is 0 Å². The molecule has 1 fully saturated rings. The van der Waals surface area contributed by atoms with Gasteiger partial charge in [0, 0.05) is 37.9 Å². The summed E-state index contributed by atoms with van der Waals surface area (Å²) in [6.07, 6.45) is 4.54. The highest BCUT2D eigenvalue weighted by molar-refractivity contribution is 5.73. The lowest BCUT2D eigenvalue weighted by Crippen LogP contribution is -2.20. The standard InChI is InChI=1S/C20H26N6O/c1-2-27-17-5-3-15(4-6-17)13-25-11-7-16(14-25)18-19-20(23-10-9-22-19)26(24-18)12-8-21/h3-6,9-10,16H,2,7-8,11-14,21H2,1H3/t16-/m0/s1. The first-order chi connectivity index (χ1) is 13.3. The van der Waals surface area contributed by atoms with E-state index in [2.05, 4.69) is 27.0 Å². The van der Waals surface area contributed by atoms with E-state index in [0.717, 1.165) is 48.7 Å². The first-order valence-corrected chi connectivity index (χ1v) is 9.60. The summed E-state index contributed by atoms with van der Waals surface area (Å²) in [6.45, 7) is 6.89. The molecule has 1 aliphatic rings. The van der Waals surface area contributed by atoms with Gasteiger partial charge in [-0.3, -0.25) is 4.90 Å². The van der Waals surface area contributed by atoms with Crippen molar-refractivity contribution in [1.29, 1.82) is 0 Å². The Bertz CT molecular complexity index is 891. The molecule has 3 aromatic rings. The summed E-state index contributed by atoms with van der Waals surface area (Å²) in [5, 5.41) is 4.80. The van der Waals surface area contributed by atoms with Crippen molar-refractivity contribution in [3.63, 3.8) is 0 Å². The second-order valence-electron chi connectivity index (χ2n) is 6.92. The summed E-state index contributed by atoms with van der Waals surface area (Å²) in [5.41, 5.74) is 9.84. The van der Waals surface area contributed by atoms with Crippen LogP contribution >= 0.6 is 0 Å². The number of nitrogens with zero attached hydrogens (tertiary/aromatic N) is 5. The van der Waals surface area contributed by atoms with Gasteiger partial charge < -0.3 is 10.5 Å². The maximum absolute atomic E-state index is 5.73. The zero-order valence-electron chi connectivity index (χ0n) is 15.7. The van der Waals surface area contributed by atoms with E-state index in [0.29, 0.717) is 25.6 Å². The minimum atomic E-state index is 0.380. The summed E-state index contributed by atoms with van der Waals surface area (Å²) in [4.78, 5) is 11.5. The van der Waals surface area contributed by atoms with Gasteiger partial charge >= 0.3 is 0 Å². The van der Waals surface area contributed by atoms with Crippen molar-refractivity contribution < 1.29 is 4.74 Å². The van der Waals surface area contributed by atoms with Crippen molar-refractivity contribution >= 4 is 11.2 Å². The Kier molecular flexibility index (Phi) is 5.31. The number of fused-ring (bicyclic) bond motifs is 1. The number of hydrogen-bond donors (Lipinski definition) is 1. The Hall–Kier alpha value is -2.51. The van der Waals surface area contributed by atoms with Crippen LogP contribution in [-0.2, 0) is 13.1 Å². The van der Waals surface area contributed by atoms with E-state index in [4.69, 9.17) is 15.6 Å². The molecule has 2 N–H and O–H groups in total. The van der Waals surface area contributed by atoms with Crippen molar-refractivity contribution in [2.45, 2.75) is 32.4 Å². The normalized spacial score (nSPS) is 17.6. The first-order valence-electron chi connectivity index (χ1n) is 9.60. The molecule has 3 heterocycles. The summed E-state index contributed by atoms with van der Waals surface area (Å²) in [6, 6.07) is 8.39. The van der Waals surface area contributed by atoms with Gasteiger partial charge in [-0.05, 0) is 37.6 Å². The van der Waals surface area contributed by atoms with Crippen LogP contribution in [0.3, 0.4) is 0 Å². The maximum atomic E-state index is 5.73. The topological polar surface area (TPSA) is 82.1 Å². The third kappa shape index (κ3) is 3.79. The molecule has 4 rings (SSSR count). The van der Waals surface area contributed by atoms with E-state index in [1.165, 1.54) is 5.56 Å². The van der Waals surface area contributed by atoms with Gasteiger partial charge in [-0.25, -0.2) is 14.6 Å². The van der Waals surface area contributed by atoms with Gasteiger partial charge in [-0.2, -0.15) is 5.10 Å². The third-order valence-corrected chi connectivity index (χ3v) is 5.03. The highest BCUT2D eigenvalue weighted by Gasteiger charge is 2.29. The zero-order chi connectivity index (χ0) is 18.6. The van der Waals surface area contributed by atoms with Gasteiger partial charge in [0.15, 0.2) is 5.65 Å². The zero-order valence-corrected chi connectivity index (χ0v) is 15.7. The molecule has 0 amide bonds. The second-order valence-corrected chi connectivity index (χ2v) is 6.92. The molecule has 0 unspecified atom stereocenters. The lowest BCUT2D eigenvalue weighted by Gasteiger charge is -2.16. The lowest BCUT2D eigenvalue weighted by atomic mass is 10.0. The van der Waals surface area contributed by atoms with Crippen LogP contribution in [0.5, 0.6) is 5.75 Å². The minimum Gasteiger partial charge on any atom is -0.494 e. The fourth-order valence-corrected chi connectivity index (χ4v) is 3.79. The van der Waals surface area contributed by atoms with Crippen molar-refractivity contribution in [3.05, 3.63) is 47.9 Å². The Labute approximate surface area is 159 Å². The average Bonchev–Trinajstić information content (AvgIpc) is 3.29. The smallest absolute Gasteiger partial charge is 0.177 e. The van der Waals surface area contributed by atoms with Crippen LogP contribution in [0.1, 0.15) is 30.5 Å². The fourth-order valence-electron chi connectivity index (χ4n) is 3.79. The number of likely N-dealkylation sites (tertiary alicyclic amines) is 1. The highest BCUT2D eigenvalue weighted by atomic mass is 16.5. The predicted octanol–water partition coefficient (Wildman–Crippen LogP) is 2.17. The van der Waals surface area contributed by atoms with Gasteiger partial charge in [0.25, 0.3) is 0 Å². The van der Waals surface area contributed by atoms with Crippen molar-refractivity contribution in [2.75, 3.05) is 26.2 Å². The highest BCUT2D eigenvalue weighted by Crippen LogP contribution is 2.31. The van der Waals surface area contributed by atoms with E-state index in [1.54, 1.807) is 12.4 Å². The van der Waals surface area contributed by atoms with Crippen LogP contribution in [0.4, 0.5) is 0 Å². The number of ether oxygens (including phenoxy) is 1. The maximum Gasteiger partial charge on any atom is 0.177 e. The van der Waals surface area contributed by atoms with Gasteiger partial charge in [-0.1, -0.05) is 12.1 Å². The van der Waals surface area contributed by atoms with Crippen molar-refractivity contribution in [3.8, 4) is 5.75 Å². The molecule has 0 saturated carbocycles. The molecular weight excluding hydrogens is 340 g/mol. The minimum absolute atomic E-state index is 0.380. The number of hydrogen-bond acceptors (Lipinski definition) is 6. The van der Waals surface area contributed by atoms with Crippen molar-refractivity contribution in [1.82, 2.24) is 24.6 Å². The van der Waals surface area contributed by atoms with Crippen LogP contribution in [0.15, 0.2) is 36.7 Å². The Morgan fingerprint density at radius 2 is 2.00 bits per heavy atom. The number of aromatic nitrogens is 4. The van der Waals surface area contributed by atoms with Crippen LogP contribution in [0.2, 0.25) is 0 Å². The molecular formula is C20H26N6O. The van der Waals surface area contributed by atoms with Crippen LogP contribution < -0.4 is 10.5 Å². The van der Waals surface area contributed by atoms with Crippen LogP contribution in [0.25, 0.3) is 11.2 Å². The first kappa shape index (κ1) is 17.9. The molecule has 0 radical (unpaired) electrons. The number of nitrogens with two attached hydrogens (primary N) is 1. The van der Waals surface area contributed by atoms with Crippen molar-refractivity contribution in [2.24, 2.45) is 5.73 Å². The molecule has 7 nitrogen and oxygen atoms in total. The van der Waals surface area contributed by atoms with Gasteiger partial charge in [0.1, 0.15) is 11.3 Å². The SMILES string of the molecule is CCOc1ccc(CN2CC[C@H](c3nn(CCN)c4nccnc34)C2)cc1. The summed E-state index contributed by atoms with van der Waals surface area (Å²) in [5.74, 6) is 1.31. The van der Waals surface area contributed by atoms with E-state index in [-0.39, 0.29) is 0 Å². The van der Waals surface area contributed by atoms with Gasteiger partial charge in [0.2, 0.25) is 0 Å². The molecule has 142 valence electrons. The summed E-state index contributed by atoms with van der Waals surface area (Å²) >= 11 is 0. The molecule has 1 aliphatic heterocycles. The fraction of sp³-hybridized carbons (Fsp3) is 0.450. The molecule has 0 bridgehead atoms. The molecule has 1 aromatic carbocycles. The van der Waals surface area contributed by atoms with E-state index in [1.807, 2.05) is 23.7 Å². The quantitative estimate of drug-likeness (QED) is 0.690. The molecule has 0 aliphatic carbocycles. The monoisotopic (exact) mass is 366 g/mol. The predicted molar refractivity (Wildman–Crippen MR) is 105 cm³/mol. The molecule has 1 saturated heterocycles. The Morgan fingerprint density at radius 1 is 1.19 bits per heavy atom. The molecule has 7 heteroatoms. The third-order valence-electron chi connectivity index (χ3n) is 5.03. The second kappa shape index (κ2) is 8.02. The number of benzene rings is 1.